The minimum Gasteiger partial charge on any atom is -0.462 e. The molecule has 1 aliphatic rings. The Morgan fingerprint density at radius 2 is 2.00 bits per heavy atom. The van der Waals surface area contributed by atoms with Crippen molar-refractivity contribution >= 4 is 12.0 Å². The predicted octanol–water partition coefficient (Wildman–Crippen LogP) is 2.66. The van der Waals surface area contributed by atoms with Crippen molar-refractivity contribution in [1.29, 1.82) is 0 Å². The summed E-state index contributed by atoms with van der Waals surface area (Å²) in [4.78, 5) is 24.0. The summed E-state index contributed by atoms with van der Waals surface area (Å²) in [6.07, 6.45) is 1.79. The van der Waals surface area contributed by atoms with Crippen molar-refractivity contribution in [2.75, 3.05) is 6.61 Å². The summed E-state index contributed by atoms with van der Waals surface area (Å²) in [5.41, 5.74) is 1.85. The maximum Gasteiger partial charge on any atom is 0.338 e. The van der Waals surface area contributed by atoms with E-state index < -0.39 is 6.04 Å². The average Bonchev–Trinajstić information content (AvgIpc) is 2.47. The Balaban J connectivity index is 2.26. The second-order valence-electron chi connectivity index (χ2n) is 4.97. The van der Waals surface area contributed by atoms with Gasteiger partial charge in [-0.1, -0.05) is 43.7 Å². The molecule has 1 aliphatic heterocycles. The number of nitrogens with one attached hydrogen (secondary N) is 2. The highest BCUT2D eigenvalue weighted by Gasteiger charge is 2.31. The fraction of sp³-hybridized carbons (Fsp3) is 0.375. The summed E-state index contributed by atoms with van der Waals surface area (Å²) in [6.45, 7) is 4.14. The third-order valence-corrected chi connectivity index (χ3v) is 3.35. The van der Waals surface area contributed by atoms with Crippen LogP contribution in [0.3, 0.4) is 0 Å². The molecule has 1 aromatic rings. The number of hydrogen-bond donors (Lipinski definition) is 2. The summed E-state index contributed by atoms with van der Waals surface area (Å²) in [5, 5.41) is 5.40. The molecule has 21 heavy (non-hydrogen) atoms. The Labute approximate surface area is 124 Å². The van der Waals surface area contributed by atoms with Crippen LogP contribution in [0.15, 0.2) is 41.6 Å². The second kappa shape index (κ2) is 6.92. The smallest absolute Gasteiger partial charge is 0.338 e. The highest BCUT2D eigenvalue weighted by Crippen LogP contribution is 2.27. The fourth-order valence-electron chi connectivity index (χ4n) is 2.25. The first-order chi connectivity index (χ1) is 10.1. The molecule has 5 heteroatoms. The molecule has 1 heterocycles. The molecule has 0 aliphatic carbocycles. The summed E-state index contributed by atoms with van der Waals surface area (Å²) >= 11 is 0. The molecule has 0 fully saturated rings. The summed E-state index contributed by atoms with van der Waals surface area (Å²) < 4.78 is 5.29. The van der Waals surface area contributed by atoms with Gasteiger partial charge in [0.2, 0.25) is 0 Å². The van der Waals surface area contributed by atoms with Gasteiger partial charge in [0.15, 0.2) is 0 Å². The van der Waals surface area contributed by atoms with Gasteiger partial charge in [-0.3, -0.25) is 0 Å². The number of benzene rings is 1. The lowest BCUT2D eigenvalue weighted by Crippen LogP contribution is -2.45. The van der Waals surface area contributed by atoms with Crippen LogP contribution in [0.4, 0.5) is 4.79 Å². The third-order valence-electron chi connectivity index (χ3n) is 3.35. The van der Waals surface area contributed by atoms with Crippen molar-refractivity contribution in [3.63, 3.8) is 0 Å². The molecular formula is C16H20N2O3. The normalized spacial score (nSPS) is 18.0. The fourth-order valence-corrected chi connectivity index (χ4v) is 2.25. The van der Waals surface area contributed by atoms with Crippen LogP contribution in [0, 0.1) is 0 Å². The molecule has 0 saturated heterocycles. The summed E-state index contributed by atoms with van der Waals surface area (Å²) in [7, 11) is 0. The number of ether oxygens (including phenoxy) is 1. The lowest BCUT2D eigenvalue weighted by Gasteiger charge is -2.28. The van der Waals surface area contributed by atoms with Crippen LogP contribution in [-0.2, 0) is 9.53 Å². The monoisotopic (exact) mass is 288 g/mol. The Morgan fingerprint density at radius 3 is 2.67 bits per heavy atom. The van der Waals surface area contributed by atoms with Gasteiger partial charge in [0.05, 0.1) is 18.2 Å². The number of allylic oxidation sites excluding steroid dienone is 1. The minimum absolute atomic E-state index is 0.313. The van der Waals surface area contributed by atoms with Crippen LogP contribution in [0.5, 0.6) is 0 Å². The van der Waals surface area contributed by atoms with E-state index in [0.717, 1.165) is 18.4 Å². The van der Waals surface area contributed by atoms with Gasteiger partial charge in [0.25, 0.3) is 0 Å². The van der Waals surface area contributed by atoms with Crippen LogP contribution in [0.2, 0.25) is 0 Å². The van der Waals surface area contributed by atoms with E-state index in [0.29, 0.717) is 17.9 Å². The average molecular weight is 288 g/mol. The molecule has 0 bridgehead atoms. The van der Waals surface area contributed by atoms with E-state index in [1.807, 2.05) is 37.3 Å². The Morgan fingerprint density at radius 1 is 1.29 bits per heavy atom. The van der Waals surface area contributed by atoms with Gasteiger partial charge in [-0.15, -0.1) is 0 Å². The number of carbonyl (C=O) groups excluding carboxylic acids is 2. The van der Waals surface area contributed by atoms with Crippen LogP contribution in [-0.4, -0.2) is 18.6 Å². The highest BCUT2D eigenvalue weighted by atomic mass is 16.5. The minimum atomic E-state index is -0.478. The van der Waals surface area contributed by atoms with E-state index in [1.54, 1.807) is 6.92 Å². The Hall–Kier alpha value is -2.30. The molecule has 2 amide bonds. The standard InChI is InChI=1S/C16H20N2O3/c1-3-4-10-21-15(19)13-11(2)17-16(20)18-14(13)12-8-6-5-7-9-12/h5-9,14H,3-4,10H2,1-2H3,(H2,17,18,20)/t14-/m0/s1. The van der Waals surface area contributed by atoms with Crippen molar-refractivity contribution in [3.8, 4) is 0 Å². The molecule has 2 N–H and O–H groups in total. The number of urea groups is 1. The number of unbranched alkanes of at least 4 members (excludes halogenated alkanes) is 1. The van der Waals surface area contributed by atoms with Crippen molar-refractivity contribution in [2.24, 2.45) is 0 Å². The first-order valence-corrected chi connectivity index (χ1v) is 7.13. The van der Waals surface area contributed by atoms with Gasteiger partial charge in [-0.05, 0) is 18.9 Å². The van der Waals surface area contributed by atoms with E-state index in [-0.39, 0.29) is 12.0 Å². The largest absolute Gasteiger partial charge is 0.462 e. The molecular weight excluding hydrogens is 268 g/mol. The number of hydrogen-bond acceptors (Lipinski definition) is 3. The van der Waals surface area contributed by atoms with Gasteiger partial charge in [0, 0.05) is 5.70 Å². The molecule has 1 aromatic carbocycles. The van der Waals surface area contributed by atoms with E-state index in [9.17, 15) is 9.59 Å². The lowest BCUT2D eigenvalue weighted by molar-refractivity contribution is -0.139. The summed E-state index contributed by atoms with van der Waals surface area (Å²) in [6, 6.07) is 8.60. The molecule has 5 nitrogen and oxygen atoms in total. The second-order valence-corrected chi connectivity index (χ2v) is 4.97. The van der Waals surface area contributed by atoms with Gasteiger partial charge >= 0.3 is 12.0 Å². The Kier molecular flexibility index (Phi) is 4.98. The van der Waals surface area contributed by atoms with Crippen LogP contribution in [0.25, 0.3) is 0 Å². The van der Waals surface area contributed by atoms with Gasteiger partial charge in [-0.2, -0.15) is 0 Å². The van der Waals surface area contributed by atoms with Crippen molar-refractivity contribution in [1.82, 2.24) is 10.6 Å². The number of amides is 2. The van der Waals surface area contributed by atoms with E-state index in [4.69, 9.17) is 4.74 Å². The summed E-state index contributed by atoms with van der Waals surface area (Å²) in [5.74, 6) is -0.387. The quantitative estimate of drug-likeness (QED) is 0.646. The third kappa shape index (κ3) is 3.62. The number of esters is 1. The molecule has 0 unspecified atom stereocenters. The number of rotatable bonds is 5. The predicted molar refractivity (Wildman–Crippen MR) is 79.4 cm³/mol. The maximum absolute atomic E-state index is 12.3. The molecule has 1 atom stereocenters. The van der Waals surface area contributed by atoms with Crippen molar-refractivity contribution in [2.45, 2.75) is 32.7 Å². The van der Waals surface area contributed by atoms with Crippen LogP contribution in [0.1, 0.15) is 38.3 Å². The van der Waals surface area contributed by atoms with Crippen LogP contribution < -0.4 is 10.6 Å². The molecule has 112 valence electrons. The number of carbonyl (C=O) groups is 2. The molecule has 0 radical (unpaired) electrons. The topological polar surface area (TPSA) is 67.4 Å². The first-order valence-electron chi connectivity index (χ1n) is 7.13. The van der Waals surface area contributed by atoms with E-state index in [1.165, 1.54) is 0 Å². The lowest BCUT2D eigenvalue weighted by atomic mass is 9.96. The molecule has 0 aromatic heterocycles. The van der Waals surface area contributed by atoms with Gasteiger partial charge in [-0.25, -0.2) is 9.59 Å². The van der Waals surface area contributed by atoms with Crippen molar-refractivity contribution in [3.05, 3.63) is 47.2 Å². The molecule has 0 saturated carbocycles. The van der Waals surface area contributed by atoms with Gasteiger partial charge in [0.1, 0.15) is 0 Å². The zero-order valence-corrected chi connectivity index (χ0v) is 12.3. The van der Waals surface area contributed by atoms with Crippen LogP contribution >= 0.6 is 0 Å². The van der Waals surface area contributed by atoms with Gasteiger partial charge < -0.3 is 15.4 Å². The molecule has 0 spiro atoms. The Bertz CT molecular complexity index is 552. The maximum atomic E-state index is 12.3. The zero-order chi connectivity index (χ0) is 15.2. The van der Waals surface area contributed by atoms with E-state index in [2.05, 4.69) is 10.6 Å². The first kappa shape index (κ1) is 15.1. The SMILES string of the molecule is CCCCOC(=O)C1=C(C)NC(=O)N[C@H]1c1ccccc1. The van der Waals surface area contributed by atoms with Crippen molar-refractivity contribution < 1.29 is 14.3 Å². The van der Waals surface area contributed by atoms with E-state index >= 15 is 0 Å². The zero-order valence-electron chi connectivity index (χ0n) is 12.3. The molecule has 2 rings (SSSR count). The highest BCUT2D eigenvalue weighted by molar-refractivity contribution is 5.95.